The molecule has 2 aromatic carbocycles. The molecule has 0 saturated heterocycles. The van der Waals surface area contributed by atoms with Crippen molar-refractivity contribution < 1.29 is 5.11 Å². The molecule has 0 radical (unpaired) electrons. The predicted octanol–water partition coefficient (Wildman–Crippen LogP) is 1.82. The molecule has 3 heterocycles. The van der Waals surface area contributed by atoms with Crippen LogP contribution in [-0.2, 0) is 0 Å². The summed E-state index contributed by atoms with van der Waals surface area (Å²) in [5.41, 5.74) is 2.77. The van der Waals surface area contributed by atoms with Crippen LogP contribution in [0.2, 0.25) is 0 Å². The number of tetrazole rings is 1. The van der Waals surface area contributed by atoms with E-state index in [-0.39, 0.29) is 11.3 Å². The lowest BCUT2D eigenvalue weighted by Gasteiger charge is -2.27. The summed E-state index contributed by atoms with van der Waals surface area (Å²) < 4.78 is 1.57. The molecule has 3 N–H and O–H groups in total. The average Bonchev–Trinajstić information content (AvgIpc) is 3.16. The van der Waals surface area contributed by atoms with Crippen LogP contribution in [0.25, 0.3) is 11.3 Å². The Morgan fingerprint density at radius 3 is 2.74 bits per heavy atom. The number of nitrogens with zero attached hydrogens (tertiary/aromatic N) is 5. The molecule has 0 spiro atoms. The van der Waals surface area contributed by atoms with Crippen LogP contribution in [0.5, 0.6) is 5.75 Å². The summed E-state index contributed by atoms with van der Waals surface area (Å²) in [6.45, 7) is 0. The normalized spacial score (nSPS) is 14.9. The lowest BCUT2D eigenvalue weighted by Crippen LogP contribution is -2.29. The Morgan fingerprint density at radius 1 is 1.07 bits per heavy atom. The van der Waals surface area contributed by atoms with E-state index in [9.17, 15) is 9.90 Å². The topological polar surface area (TPSA) is 122 Å². The van der Waals surface area contributed by atoms with Crippen molar-refractivity contribution in [2.75, 3.05) is 5.32 Å². The largest absolute Gasteiger partial charge is 0.508 e. The zero-order chi connectivity index (χ0) is 18.4. The van der Waals surface area contributed by atoms with E-state index in [1.807, 2.05) is 36.4 Å². The van der Waals surface area contributed by atoms with Gasteiger partial charge in [-0.25, -0.2) is 5.10 Å². The predicted molar refractivity (Wildman–Crippen MR) is 96.7 cm³/mol. The van der Waals surface area contributed by atoms with E-state index in [4.69, 9.17) is 0 Å². The number of H-pyrrole nitrogens is 1. The maximum Gasteiger partial charge on any atom is 0.288 e. The minimum absolute atomic E-state index is 0.112. The number of aromatic amines is 1. The molecule has 4 aromatic rings. The minimum Gasteiger partial charge on any atom is -0.508 e. The summed E-state index contributed by atoms with van der Waals surface area (Å²) in [6.07, 6.45) is 0. The summed E-state index contributed by atoms with van der Waals surface area (Å²) in [6, 6.07) is 15.8. The number of fused-ring (bicyclic) bond motifs is 2. The van der Waals surface area contributed by atoms with Crippen molar-refractivity contribution in [3.63, 3.8) is 0 Å². The van der Waals surface area contributed by atoms with Gasteiger partial charge in [0.25, 0.3) is 5.56 Å². The summed E-state index contributed by atoms with van der Waals surface area (Å²) in [7, 11) is 0. The van der Waals surface area contributed by atoms with E-state index in [1.54, 1.807) is 22.9 Å². The van der Waals surface area contributed by atoms with E-state index >= 15 is 0 Å². The van der Waals surface area contributed by atoms with E-state index in [0.717, 1.165) is 11.1 Å². The van der Waals surface area contributed by atoms with Crippen LogP contribution in [-0.4, -0.2) is 35.5 Å². The third-order valence-electron chi connectivity index (χ3n) is 4.50. The standard InChI is InChI=1S/C18H13N7O2/c26-12-8-4-7-11(9-12)16-13-14(10-5-2-1-3-6-10)20-21-17(27)15(13)19-18-22-23-24-25(16)18/h1-9,16,26H,(H,21,27)(H,19,22,24)/t16-/m1/s1. The van der Waals surface area contributed by atoms with Crippen molar-refractivity contribution in [2.24, 2.45) is 0 Å². The van der Waals surface area contributed by atoms with Gasteiger partial charge in [-0.3, -0.25) is 4.79 Å². The monoisotopic (exact) mass is 359 g/mol. The second kappa shape index (κ2) is 5.77. The third-order valence-corrected chi connectivity index (χ3v) is 4.50. The Hall–Kier alpha value is -4.01. The fourth-order valence-corrected chi connectivity index (χ4v) is 3.36. The molecule has 9 nitrogen and oxygen atoms in total. The number of benzene rings is 2. The molecular weight excluding hydrogens is 346 g/mol. The van der Waals surface area contributed by atoms with Crippen molar-refractivity contribution in [1.29, 1.82) is 0 Å². The molecule has 0 bridgehead atoms. The fraction of sp³-hybridized carbons (Fsp3) is 0.0556. The van der Waals surface area contributed by atoms with Crippen molar-refractivity contribution in [3.8, 4) is 17.0 Å². The fourth-order valence-electron chi connectivity index (χ4n) is 3.36. The van der Waals surface area contributed by atoms with Crippen LogP contribution in [0.4, 0.5) is 11.6 Å². The first-order chi connectivity index (χ1) is 13.2. The molecular formula is C18H13N7O2. The van der Waals surface area contributed by atoms with Crippen LogP contribution in [0.1, 0.15) is 17.2 Å². The number of phenols is 1. The molecule has 0 saturated carbocycles. The van der Waals surface area contributed by atoms with Crippen molar-refractivity contribution in [2.45, 2.75) is 6.04 Å². The molecule has 0 amide bonds. The van der Waals surface area contributed by atoms with Gasteiger partial charge in [-0.15, -0.1) is 0 Å². The summed E-state index contributed by atoms with van der Waals surface area (Å²) >= 11 is 0. The van der Waals surface area contributed by atoms with Gasteiger partial charge in [-0.2, -0.15) is 9.78 Å². The minimum atomic E-state index is -0.525. The number of nitrogens with one attached hydrogen (secondary N) is 2. The lowest BCUT2D eigenvalue weighted by atomic mass is 9.92. The second-order valence-corrected chi connectivity index (χ2v) is 6.13. The molecule has 9 heteroatoms. The number of rotatable bonds is 2. The van der Waals surface area contributed by atoms with E-state index in [0.29, 0.717) is 22.9 Å². The molecule has 0 fully saturated rings. The average molecular weight is 359 g/mol. The number of hydrogen-bond donors (Lipinski definition) is 3. The zero-order valence-corrected chi connectivity index (χ0v) is 13.9. The third kappa shape index (κ3) is 2.36. The summed E-state index contributed by atoms with van der Waals surface area (Å²) in [5, 5.41) is 31.6. The molecule has 132 valence electrons. The molecule has 1 aliphatic rings. The van der Waals surface area contributed by atoms with Gasteiger partial charge in [0.2, 0.25) is 5.95 Å². The van der Waals surface area contributed by atoms with Crippen molar-refractivity contribution in [1.82, 2.24) is 30.4 Å². The van der Waals surface area contributed by atoms with Gasteiger partial charge in [0.1, 0.15) is 17.5 Å². The van der Waals surface area contributed by atoms with Crippen LogP contribution < -0.4 is 10.9 Å². The van der Waals surface area contributed by atoms with Gasteiger partial charge in [-0.05, 0) is 28.1 Å². The van der Waals surface area contributed by atoms with Crippen LogP contribution in [0, 0.1) is 0 Å². The highest BCUT2D eigenvalue weighted by Gasteiger charge is 2.34. The first-order valence-corrected chi connectivity index (χ1v) is 8.24. The molecule has 27 heavy (non-hydrogen) atoms. The smallest absolute Gasteiger partial charge is 0.288 e. The Bertz CT molecular complexity index is 1200. The Balaban J connectivity index is 1.84. The van der Waals surface area contributed by atoms with Gasteiger partial charge in [-0.1, -0.05) is 47.6 Å². The highest BCUT2D eigenvalue weighted by Crippen LogP contribution is 2.41. The quantitative estimate of drug-likeness (QED) is 0.439. The van der Waals surface area contributed by atoms with Gasteiger partial charge in [0, 0.05) is 11.1 Å². The number of aromatic hydroxyl groups is 1. The van der Waals surface area contributed by atoms with Gasteiger partial charge >= 0.3 is 0 Å². The first-order valence-electron chi connectivity index (χ1n) is 8.24. The molecule has 0 aliphatic carbocycles. The molecule has 0 unspecified atom stereocenters. The molecule has 2 aromatic heterocycles. The Kier molecular flexibility index (Phi) is 3.26. The Morgan fingerprint density at radius 2 is 1.93 bits per heavy atom. The maximum atomic E-state index is 12.5. The van der Waals surface area contributed by atoms with Gasteiger partial charge in [0.05, 0.1) is 5.69 Å². The number of aromatic nitrogens is 6. The summed E-state index contributed by atoms with van der Waals surface area (Å²) in [5.74, 6) is 0.452. The number of hydrogen-bond acceptors (Lipinski definition) is 7. The molecule has 1 aliphatic heterocycles. The molecule has 5 rings (SSSR count). The highest BCUT2D eigenvalue weighted by atomic mass is 16.3. The van der Waals surface area contributed by atoms with Crippen LogP contribution in [0.15, 0.2) is 59.4 Å². The molecule has 1 atom stereocenters. The van der Waals surface area contributed by atoms with Gasteiger partial charge < -0.3 is 10.4 Å². The van der Waals surface area contributed by atoms with E-state index in [1.165, 1.54) is 0 Å². The maximum absolute atomic E-state index is 12.5. The van der Waals surface area contributed by atoms with E-state index in [2.05, 4.69) is 31.0 Å². The first kappa shape index (κ1) is 15.3. The van der Waals surface area contributed by atoms with Gasteiger partial charge in [0.15, 0.2) is 0 Å². The van der Waals surface area contributed by atoms with E-state index < -0.39 is 6.04 Å². The summed E-state index contributed by atoms with van der Waals surface area (Å²) in [4.78, 5) is 12.5. The van der Waals surface area contributed by atoms with Crippen LogP contribution in [0.3, 0.4) is 0 Å². The van der Waals surface area contributed by atoms with Crippen LogP contribution >= 0.6 is 0 Å². The number of anilines is 2. The Labute approximate surface area is 152 Å². The van der Waals surface area contributed by atoms with Crippen molar-refractivity contribution in [3.05, 3.63) is 76.1 Å². The SMILES string of the molecule is O=c1[nH]nc(-c2ccccc2)c2c1Nc1nnnn1[C@@H]2c1cccc(O)c1. The van der Waals surface area contributed by atoms with Crippen molar-refractivity contribution >= 4 is 11.6 Å². The zero-order valence-electron chi connectivity index (χ0n) is 13.9. The lowest BCUT2D eigenvalue weighted by molar-refractivity contribution is 0.472. The number of phenolic OH excluding ortho intramolecular Hbond substituents is 1. The second-order valence-electron chi connectivity index (χ2n) is 6.13. The highest BCUT2D eigenvalue weighted by molar-refractivity contribution is 5.75.